The van der Waals surface area contributed by atoms with Gasteiger partial charge in [0.25, 0.3) is 17.7 Å². The van der Waals surface area contributed by atoms with Crippen molar-refractivity contribution in [2.24, 2.45) is 11.8 Å². The van der Waals surface area contributed by atoms with Crippen molar-refractivity contribution in [3.05, 3.63) is 70.8 Å². The fraction of sp³-hybridized carbons (Fsp3) is 0.500. The Hall–Kier alpha value is -3.81. The Labute approximate surface area is 246 Å². The molecule has 3 fully saturated rings. The number of carbonyl (C=O) groups excluding carboxylic acids is 5. The molecule has 2 aliphatic heterocycles. The number of hydrogen-bond donors (Lipinski definition) is 1. The SMILES string of the molecule is O=C(N[C@H]1CCCCCC[C@H]1C(=O)N1C(=O)[C@@H]2CCCCCC[C@@H]21)c1ccc(CN2C(=O)c3ccccc3C2=O)cc1. The molecule has 0 spiro atoms. The van der Waals surface area contributed by atoms with Gasteiger partial charge in [-0.2, -0.15) is 0 Å². The van der Waals surface area contributed by atoms with Gasteiger partial charge in [0.2, 0.25) is 11.8 Å². The Morgan fingerprint density at radius 1 is 0.714 bits per heavy atom. The highest BCUT2D eigenvalue weighted by Crippen LogP contribution is 2.39. The Kier molecular flexibility index (Phi) is 8.22. The average Bonchev–Trinajstić information content (AvgIpc) is 3.21. The number of rotatable bonds is 5. The van der Waals surface area contributed by atoms with Crippen LogP contribution in [0.25, 0.3) is 0 Å². The summed E-state index contributed by atoms with van der Waals surface area (Å²) in [4.78, 5) is 68.6. The minimum Gasteiger partial charge on any atom is -0.349 e. The van der Waals surface area contributed by atoms with Crippen LogP contribution in [0.3, 0.4) is 0 Å². The Morgan fingerprint density at radius 2 is 1.31 bits per heavy atom. The van der Waals surface area contributed by atoms with E-state index in [0.717, 1.165) is 69.8 Å². The molecule has 4 aliphatic rings. The summed E-state index contributed by atoms with van der Waals surface area (Å²) < 4.78 is 0. The molecule has 8 heteroatoms. The zero-order chi connectivity index (χ0) is 29.2. The molecule has 220 valence electrons. The molecular formula is C34H39N3O5. The highest BCUT2D eigenvalue weighted by Gasteiger charge is 2.51. The van der Waals surface area contributed by atoms with Crippen LogP contribution in [0.15, 0.2) is 48.5 Å². The lowest BCUT2D eigenvalue weighted by Crippen LogP contribution is -2.65. The third kappa shape index (κ3) is 5.39. The predicted octanol–water partition coefficient (Wildman–Crippen LogP) is 5.26. The molecule has 2 aromatic carbocycles. The Balaban J connectivity index is 1.12. The fourth-order valence-electron chi connectivity index (χ4n) is 7.30. The van der Waals surface area contributed by atoms with Crippen molar-refractivity contribution in [2.75, 3.05) is 0 Å². The van der Waals surface area contributed by atoms with Crippen LogP contribution < -0.4 is 5.32 Å². The molecule has 2 saturated carbocycles. The number of imide groups is 2. The molecule has 8 nitrogen and oxygen atoms in total. The average molecular weight is 570 g/mol. The summed E-state index contributed by atoms with van der Waals surface area (Å²) in [7, 11) is 0. The molecule has 6 rings (SSSR count). The van der Waals surface area contributed by atoms with Crippen molar-refractivity contribution in [2.45, 2.75) is 95.7 Å². The van der Waals surface area contributed by atoms with Crippen molar-refractivity contribution < 1.29 is 24.0 Å². The summed E-state index contributed by atoms with van der Waals surface area (Å²) in [6.07, 6.45) is 11.5. The van der Waals surface area contributed by atoms with Crippen molar-refractivity contribution in [1.29, 1.82) is 0 Å². The lowest BCUT2D eigenvalue weighted by molar-refractivity contribution is -0.170. The number of β-lactam (4-membered cyclic amide) rings is 1. The lowest BCUT2D eigenvalue weighted by atomic mass is 9.76. The van der Waals surface area contributed by atoms with Crippen LogP contribution in [-0.4, -0.2) is 51.4 Å². The second-order valence-electron chi connectivity index (χ2n) is 12.3. The highest BCUT2D eigenvalue weighted by atomic mass is 16.2. The number of nitrogens with zero attached hydrogens (tertiary/aromatic N) is 2. The minimum atomic E-state index is -0.405. The Bertz CT molecular complexity index is 1350. The third-order valence-corrected chi connectivity index (χ3v) is 9.69. The maximum Gasteiger partial charge on any atom is 0.261 e. The van der Waals surface area contributed by atoms with Crippen LogP contribution in [0, 0.1) is 11.8 Å². The van der Waals surface area contributed by atoms with Crippen molar-refractivity contribution >= 4 is 29.5 Å². The minimum absolute atomic E-state index is 0.0156. The normalized spacial score (nSPS) is 26.2. The van der Waals surface area contributed by atoms with E-state index in [2.05, 4.69) is 5.32 Å². The zero-order valence-electron chi connectivity index (χ0n) is 24.1. The van der Waals surface area contributed by atoms with Gasteiger partial charge >= 0.3 is 0 Å². The summed E-state index contributed by atoms with van der Waals surface area (Å²) in [5.41, 5.74) is 2.01. The van der Waals surface area contributed by atoms with Crippen LogP contribution >= 0.6 is 0 Å². The lowest BCUT2D eigenvalue weighted by Gasteiger charge is -2.48. The molecule has 0 unspecified atom stereocenters. The molecule has 2 aliphatic carbocycles. The summed E-state index contributed by atoms with van der Waals surface area (Å²) >= 11 is 0. The van der Waals surface area contributed by atoms with E-state index >= 15 is 0 Å². The quantitative estimate of drug-likeness (QED) is 0.391. The highest BCUT2D eigenvalue weighted by molar-refractivity contribution is 6.21. The number of likely N-dealkylation sites (tertiary alicyclic amines) is 1. The summed E-state index contributed by atoms with van der Waals surface area (Å²) in [6, 6.07) is 13.4. The van der Waals surface area contributed by atoms with E-state index in [1.165, 1.54) is 4.90 Å². The number of amides is 5. The van der Waals surface area contributed by atoms with Gasteiger partial charge in [0.05, 0.1) is 35.5 Å². The van der Waals surface area contributed by atoms with Gasteiger partial charge < -0.3 is 5.32 Å². The van der Waals surface area contributed by atoms with E-state index in [9.17, 15) is 24.0 Å². The first-order valence-electron chi connectivity index (χ1n) is 15.7. The smallest absolute Gasteiger partial charge is 0.261 e. The van der Waals surface area contributed by atoms with Gasteiger partial charge in [0, 0.05) is 11.6 Å². The molecule has 0 radical (unpaired) electrons. The molecule has 1 saturated heterocycles. The van der Waals surface area contributed by atoms with Crippen molar-refractivity contribution in [1.82, 2.24) is 15.1 Å². The van der Waals surface area contributed by atoms with E-state index in [1.807, 2.05) is 0 Å². The molecule has 2 aromatic rings. The van der Waals surface area contributed by atoms with Gasteiger partial charge in [-0.1, -0.05) is 75.6 Å². The van der Waals surface area contributed by atoms with E-state index in [-0.39, 0.29) is 54.1 Å². The molecule has 4 atom stereocenters. The second kappa shape index (κ2) is 12.2. The third-order valence-electron chi connectivity index (χ3n) is 9.69. The maximum absolute atomic E-state index is 13.9. The Morgan fingerprint density at radius 3 is 1.98 bits per heavy atom. The number of carbonyl (C=O) groups is 5. The fourth-order valence-corrected chi connectivity index (χ4v) is 7.30. The van der Waals surface area contributed by atoms with Crippen molar-refractivity contribution in [3.8, 4) is 0 Å². The molecule has 1 N–H and O–H groups in total. The zero-order valence-corrected chi connectivity index (χ0v) is 24.1. The van der Waals surface area contributed by atoms with Crippen LogP contribution in [-0.2, 0) is 16.1 Å². The van der Waals surface area contributed by atoms with Gasteiger partial charge in [-0.25, -0.2) is 0 Å². The van der Waals surface area contributed by atoms with E-state index < -0.39 is 5.92 Å². The van der Waals surface area contributed by atoms with Crippen LogP contribution in [0.1, 0.15) is 114 Å². The summed E-state index contributed by atoms with van der Waals surface area (Å²) in [6.45, 7) is 0.124. The van der Waals surface area contributed by atoms with Crippen molar-refractivity contribution in [3.63, 3.8) is 0 Å². The summed E-state index contributed by atoms with van der Waals surface area (Å²) in [5.74, 6) is -1.44. The van der Waals surface area contributed by atoms with E-state index in [4.69, 9.17) is 0 Å². The van der Waals surface area contributed by atoms with Gasteiger partial charge in [-0.3, -0.25) is 33.8 Å². The van der Waals surface area contributed by atoms with Gasteiger partial charge in [-0.15, -0.1) is 0 Å². The molecule has 0 bridgehead atoms. The van der Waals surface area contributed by atoms with Gasteiger partial charge in [0.15, 0.2) is 0 Å². The largest absolute Gasteiger partial charge is 0.349 e. The van der Waals surface area contributed by atoms with E-state index in [0.29, 0.717) is 29.5 Å². The van der Waals surface area contributed by atoms with Gasteiger partial charge in [0.1, 0.15) is 0 Å². The predicted molar refractivity (Wildman–Crippen MR) is 156 cm³/mol. The first-order chi connectivity index (χ1) is 20.4. The molecule has 0 aromatic heterocycles. The number of benzene rings is 2. The number of hydrogen-bond acceptors (Lipinski definition) is 5. The molecule has 2 heterocycles. The first-order valence-corrected chi connectivity index (χ1v) is 15.7. The number of fused-ring (bicyclic) bond motifs is 2. The van der Waals surface area contributed by atoms with Crippen LogP contribution in [0.4, 0.5) is 0 Å². The van der Waals surface area contributed by atoms with E-state index in [1.54, 1.807) is 53.4 Å². The standard InChI is InChI=1S/C34H39N3O5/c38-30(23-19-17-22(18-20-23)21-36-31(39)24-11-9-10-12-25(24)32(36)40)35-28-15-7-3-1-5-13-26(28)33(41)37-29-16-8-4-2-6-14-27(29)34(37)42/h9-12,17-20,26-29H,1-8,13-16,21H2,(H,35,38)/t26-,27-,28+,29+/m1/s1. The second-order valence-corrected chi connectivity index (χ2v) is 12.3. The monoisotopic (exact) mass is 569 g/mol. The molecular weight excluding hydrogens is 530 g/mol. The van der Waals surface area contributed by atoms with Crippen LogP contribution in [0.5, 0.6) is 0 Å². The molecule has 42 heavy (non-hydrogen) atoms. The molecule has 5 amide bonds. The van der Waals surface area contributed by atoms with Crippen LogP contribution in [0.2, 0.25) is 0 Å². The topological polar surface area (TPSA) is 104 Å². The first kappa shape index (κ1) is 28.3. The van der Waals surface area contributed by atoms with Gasteiger partial charge in [-0.05, 0) is 55.5 Å². The number of nitrogens with one attached hydrogen (secondary N) is 1. The summed E-state index contributed by atoms with van der Waals surface area (Å²) in [5, 5.41) is 3.15. The maximum atomic E-state index is 13.9.